The van der Waals surface area contributed by atoms with Gasteiger partial charge in [-0.15, -0.1) is 0 Å². The van der Waals surface area contributed by atoms with Crippen LogP contribution in [0.25, 0.3) is 0 Å². The molecule has 2 heterocycles. The number of halogens is 3. The Bertz CT molecular complexity index is 1320. The molecule has 2 saturated carbocycles. The Hall–Kier alpha value is -3.67. The van der Waals surface area contributed by atoms with Crippen LogP contribution in [-0.2, 0) is 19.7 Å². The van der Waals surface area contributed by atoms with Gasteiger partial charge >= 0.3 is 12.3 Å². The number of pyridine rings is 1. The van der Waals surface area contributed by atoms with Gasteiger partial charge in [0.1, 0.15) is 17.9 Å². The number of carbonyl (C=O) groups is 3. The average molecular weight is 647 g/mol. The van der Waals surface area contributed by atoms with E-state index < -0.39 is 41.5 Å². The Balaban J connectivity index is 0.000000270. The van der Waals surface area contributed by atoms with E-state index in [4.69, 9.17) is 4.74 Å². The summed E-state index contributed by atoms with van der Waals surface area (Å²) in [6.07, 6.45) is 4.50. The number of carbonyl (C=O) groups excluding carboxylic acids is 3. The molecule has 5 rings (SSSR count). The summed E-state index contributed by atoms with van der Waals surface area (Å²) >= 11 is 0. The SMILES string of the molecule is CC(C)(C)OC(=O)N1CC(O)CC1C=O.CN(c1ccc(C2(C(F)(F)F)CC2)cc1)C(C(=O)NC1CCCCC1)c1cccnc1. The van der Waals surface area contributed by atoms with E-state index >= 15 is 0 Å². The predicted octanol–water partition coefficient (Wildman–Crippen LogP) is 5.86. The summed E-state index contributed by atoms with van der Waals surface area (Å²) in [7, 11) is 1.80. The third kappa shape index (κ3) is 8.57. The molecular formula is C34H45F3N4O5. The fourth-order valence-corrected chi connectivity index (χ4v) is 6.14. The van der Waals surface area contributed by atoms with Gasteiger partial charge in [-0.2, -0.15) is 13.2 Å². The van der Waals surface area contributed by atoms with E-state index in [0.29, 0.717) is 24.0 Å². The number of hydrogen-bond donors (Lipinski definition) is 2. The van der Waals surface area contributed by atoms with Crippen molar-refractivity contribution in [2.45, 2.75) is 114 Å². The molecule has 2 aliphatic carbocycles. The lowest BCUT2D eigenvalue weighted by atomic mass is 9.94. The van der Waals surface area contributed by atoms with Crippen LogP contribution in [0.15, 0.2) is 48.8 Å². The fourth-order valence-electron chi connectivity index (χ4n) is 6.14. The zero-order valence-electron chi connectivity index (χ0n) is 26.9. The molecule has 2 N–H and O–H groups in total. The molecule has 252 valence electrons. The van der Waals surface area contributed by atoms with E-state index in [1.54, 1.807) is 70.5 Å². The average Bonchev–Trinajstić information content (AvgIpc) is 3.74. The van der Waals surface area contributed by atoms with Gasteiger partial charge in [0.15, 0.2) is 0 Å². The summed E-state index contributed by atoms with van der Waals surface area (Å²) in [5.41, 5.74) is -0.559. The molecule has 2 aromatic rings. The number of hydrogen-bond acceptors (Lipinski definition) is 7. The highest BCUT2D eigenvalue weighted by atomic mass is 19.4. The van der Waals surface area contributed by atoms with Crippen LogP contribution in [-0.4, -0.2) is 76.8 Å². The molecular weight excluding hydrogens is 601 g/mol. The van der Waals surface area contributed by atoms with Gasteiger partial charge in [-0.1, -0.05) is 37.5 Å². The number of aromatic nitrogens is 1. The first-order valence-corrected chi connectivity index (χ1v) is 15.9. The Morgan fingerprint density at radius 1 is 1.11 bits per heavy atom. The highest BCUT2D eigenvalue weighted by molar-refractivity contribution is 5.86. The number of benzene rings is 1. The number of amides is 2. The molecule has 3 atom stereocenters. The molecule has 0 radical (unpaired) electrons. The van der Waals surface area contributed by atoms with Gasteiger partial charge in [0.25, 0.3) is 0 Å². The minimum Gasteiger partial charge on any atom is -0.444 e. The first kappa shape index (κ1) is 35.2. The Kier molecular flexibility index (Phi) is 11.0. The quantitative estimate of drug-likeness (QED) is 0.363. The van der Waals surface area contributed by atoms with E-state index in [2.05, 4.69) is 10.3 Å². The van der Waals surface area contributed by atoms with Crippen LogP contribution in [0.4, 0.5) is 23.7 Å². The lowest BCUT2D eigenvalue weighted by molar-refractivity contribution is -0.160. The maximum absolute atomic E-state index is 13.4. The summed E-state index contributed by atoms with van der Waals surface area (Å²) in [5.74, 6) is -0.111. The van der Waals surface area contributed by atoms with Crippen molar-refractivity contribution in [2.75, 3.05) is 18.5 Å². The third-order valence-corrected chi connectivity index (χ3v) is 8.81. The van der Waals surface area contributed by atoms with E-state index in [0.717, 1.165) is 31.2 Å². The van der Waals surface area contributed by atoms with Crippen LogP contribution in [0, 0.1) is 0 Å². The Labute approximate surface area is 268 Å². The largest absolute Gasteiger partial charge is 0.444 e. The number of aliphatic hydroxyl groups excluding tert-OH is 1. The van der Waals surface area contributed by atoms with Crippen LogP contribution < -0.4 is 10.2 Å². The van der Waals surface area contributed by atoms with Crippen LogP contribution in [0.2, 0.25) is 0 Å². The molecule has 0 spiro atoms. The number of nitrogens with one attached hydrogen (secondary N) is 1. The van der Waals surface area contributed by atoms with Crippen LogP contribution in [0.5, 0.6) is 0 Å². The van der Waals surface area contributed by atoms with E-state index in [9.17, 15) is 32.7 Å². The van der Waals surface area contributed by atoms with Gasteiger partial charge in [0, 0.05) is 43.2 Å². The standard InChI is InChI=1S/C24H28F3N3O.C10H17NO4/c1-30(20-11-9-18(10-12-20)23(13-14-23)24(25,26)27)21(17-6-5-15-28-16-17)22(31)29-19-7-3-2-4-8-19;1-10(2,3)15-9(14)11-5-8(13)4-7(11)6-12/h5-6,9-12,15-16,19,21H,2-4,7-8,13-14H2,1H3,(H,29,31);6-8,13H,4-5H2,1-3H3. The van der Waals surface area contributed by atoms with E-state index in [1.165, 1.54) is 11.3 Å². The number of β-amino-alcohol motifs (C(OH)–C–C–N with tert-alkyl or cyclic N) is 1. The molecule has 3 aliphatic rings. The Morgan fingerprint density at radius 2 is 1.76 bits per heavy atom. The van der Waals surface area contributed by atoms with Gasteiger partial charge < -0.3 is 24.9 Å². The number of rotatable bonds is 7. The first-order chi connectivity index (χ1) is 21.6. The number of aliphatic hydroxyl groups is 1. The molecule has 3 unspecified atom stereocenters. The van der Waals surface area contributed by atoms with Gasteiger partial charge in [-0.25, -0.2) is 4.79 Å². The summed E-state index contributed by atoms with van der Waals surface area (Å²) < 4.78 is 45.5. The molecule has 9 nitrogen and oxygen atoms in total. The summed E-state index contributed by atoms with van der Waals surface area (Å²) in [4.78, 5) is 42.8. The molecule has 0 bridgehead atoms. The number of alkyl halides is 3. The number of ether oxygens (including phenoxy) is 1. The molecule has 46 heavy (non-hydrogen) atoms. The van der Waals surface area contributed by atoms with Crippen molar-refractivity contribution in [3.63, 3.8) is 0 Å². The monoisotopic (exact) mass is 646 g/mol. The second-order valence-electron chi connectivity index (χ2n) is 13.5. The minimum absolute atomic E-state index is 0.111. The minimum atomic E-state index is -4.24. The van der Waals surface area contributed by atoms with Crippen molar-refractivity contribution in [1.29, 1.82) is 0 Å². The second kappa shape index (κ2) is 14.4. The lowest BCUT2D eigenvalue weighted by Crippen LogP contribution is -2.44. The third-order valence-electron chi connectivity index (χ3n) is 8.81. The van der Waals surface area contributed by atoms with Crippen molar-refractivity contribution >= 4 is 24.0 Å². The maximum Gasteiger partial charge on any atom is 0.410 e. The van der Waals surface area contributed by atoms with Crippen molar-refractivity contribution in [3.8, 4) is 0 Å². The number of likely N-dealkylation sites (N-methyl/N-ethyl adjacent to an activating group) is 1. The normalized spacial score (nSPS) is 21.8. The number of likely N-dealkylation sites (tertiary alicyclic amines) is 1. The smallest absolute Gasteiger partial charge is 0.410 e. The highest BCUT2D eigenvalue weighted by Gasteiger charge is 2.64. The Morgan fingerprint density at radius 3 is 2.28 bits per heavy atom. The molecule has 12 heteroatoms. The number of aldehydes is 1. The predicted molar refractivity (Wildman–Crippen MR) is 167 cm³/mol. The van der Waals surface area contributed by atoms with Crippen molar-refractivity contribution in [1.82, 2.24) is 15.2 Å². The van der Waals surface area contributed by atoms with Crippen molar-refractivity contribution in [3.05, 3.63) is 59.9 Å². The fraction of sp³-hybridized carbons (Fsp3) is 0.588. The molecule has 1 aliphatic heterocycles. The van der Waals surface area contributed by atoms with Gasteiger partial charge in [0.2, 0.25) is 5.91 Å². The van der Waals surface area contributed by atoms with Crippen molar-refractivity contribution < 1.29 is 37.4 Å². The van der Waals surface area contributed by atoms with Crippen LogP contribution in [0.1, 0.15) is 89.3 Å². The van der Waals surface area contributed by atoms with E-state index in [-0.39, 0.29) is 31.3 Å². The number of anilines is 1. The van der Waals surface area contributed by atoms with Gasteiger partial charge in [0.05, 0.1) is 24.1 Å². The van der Waals surface area contributed by atoms with Crippen molar-refractivity contribution in [2.24, 2.45) is 0 Å². The topological polar surface area (TPSA) is 112 Å². The molecule has 1 saturated heterocycles. The summed E-state index contributed by atoms with van der Waals surface area (Å²) in [6.45, 7) is 5.44. The summed E-state index contributed by atoms with van der Waals surface area (Å²) in [5, 5.41) is 12.5. The molecule has 3 fully saturated rings. The molecule has 2 amide bonds. The first-order valence-electron chi connectivity index (χ1n) is 15.9. The molecule has 1 aromatic heterocycles. The van der Waals surface area contributed by atoms with Crippen LogP contribution in [0.3, 0.4) is 0 Å². The number of nitrogens with zero attached hydrogens (tertiary/aromatic N) is 3. The maximum atomic E-state index is 13.4. The zero-order valence-corrected chi connectivity index (χ0v) is 26.9. The second-order valence-corrected chi connectivity index (χ2v) is 13.5. The highest BCUT2D eigenvalue weighted by Crippen LogP contribution is 2.59. The van der Waals surface area contributed by atoms with Crippen LogP contribution >= 0.6 is 0 Å². The van der Waals surface area contributed by atoms with E-state index in [1.807, 2.05) is 11.0 Å². The zero-order chi connectivity index (χ0) is 33.7. The van der Waals surface area contributed by atoms with Gasteiger partial charge in [-0.05, 0) is 70.2 Å². The lowest BCUT2D eigenvalue weighted by Gasteiger charge is -2.32. The molecule has 1 aromatic carbocycles. The summed E-state index contributed by atoms with van der Waals surface area (Å²) in [6, 6.07) is 9.08. The van der Waals surface area contributed by atoms with Gasteiger partial charge in [-0.3, -0.25) is 14.7 Å².